The van der Waals surface area contributed by atoms with Gasteiger partial charge in [0.2, 0.25) is 0 Å². The third kappa shape index (κ3) is 5.04. The second kappa shape index (κ2) is 9.91. The average molecular weight is 385 g/mol. The monoisotopic (exact) mass is 385 g/mol. The predicted octanol–water partition coefficient (Wildman–Crippen LogP) is 3.55. The molecule has 0 radical (unpaired) electrons. The van der Waals surface area contributed by atoms with Crippen molar-refractivity contribution in [1.82, 2.24) is 4.98 Å². The summed E-state index contributed by atoms with van der Waals surface area (Å²) in [6.45, 7) is 5.28. The van der Waals surface area contributed by atoms with Gasteiger partial charge < -0.3 is 23.9 Å². The first-order valence-corrected chi connectivity index (χ1v) is 9.78. The number of aliphatic hydroxyl groups is 1. The van der Waals surface area contributed by atoms with Gasteiger partial charge in [0.25, 0.3) is 0 Å². The summed E-state index contributed by atoms with van der Waals surface area (Å²) >= 11 is 0. The maximum Gasteiger partial charge on any atom is 0.457 e. The number of nitrogens with zero attached hydrogens (tertiary/aromatic N) is 1. The minimum absolute atomic E-state index is 0.0101. The summed E-state index contributed by atoms with van der Waals surface area (Å²) in [7, 11) is 1.35. The van der Waals surface area contributed by atoms with E-state index in [2.05, 4.69) is 18.0 Å². The van der Waals surface area contributed by atoms with Gasteiger partial charge in [-0.25, -0.2) is 0 Å². The molecule has 0 saturated carbocycles. The van der Waals surface area contributed by atoms with E-state index in [4.69, 9.17) is 18.8 Å². The van der Waals surface area contributed by atoms with Gasteiger partial charge in [-0.15, -0.1) is 0 Å². The molecule has 3 rings (SSSR count). The Morgan fingerprint density at radius 1 is 1.25 bits per heavy atom. The fourth-order valence-corrected chi connectivity index (χ4v) is 3.27. The third-order valence-corrected chi connectivity index (χ3v) is 4.79. The molecule has 2 heterocycles. The molecule has 6 nitrogen and oxygen atoms in total. The Morgan fingerprint density at radius 3 is 2.79 bits per heavy atom. The number of methoxy groups -OCH3 is 1. The molecule has 1 aromatic carbocycles. The van der Waals surface area contributed by atoms with Gasteiger partial charge in [-0.3, -0.25) is 4.98 Å². The Hall–Kier alpha value is -2.09. The minimum Gasteiger partial charge on any atom is -0.493 e. The SMILES string of the molecule is CCCOc1cc(-c2cncc([C@@H](CO)CB3OCC(C)O3)c2)ccc1OC. The van der Waals surface area contributed by atoms with E-state index in [1.165, 1.54) is 0 Å². The van der Waals surface area contributed by atoms with Crippen molar-refractivity contribution < 1.29 is 23.9 Å². The smallest absolute Gasteiger partial charge is 0.457 e. The largest absolute Gasteiger partial charge is 0.493 e. The van der Waals surface area contributed by atoms with Crippen LogP contribution in [0.5, 0.6) is 11.5 Å². The Kier molecular flexibility index (Phi) is 7.31. The molecular formula is C21H28BNO5. The van der Waals surface area contributed by atoms with Crippen LogP contribution in [0, 0.1) is 0 Å². The molecule has 1 aromatic heterocycles. The van der Waals surface area contributed by atoms with Gasteiger partial charge in [-0.05, 0) is 49.0 Å². The van der Waals surface area contributed by atoms with Crippen LogP contribution >= 0.6 is 0 Å². The van der Waals surface area contributed by atoms with Gasteiger partial charge in [-0.1, -0.05) is 13.0 Å². The molecule has 1 fully saturated rings. The Morgan fingerprint density at radius 2 is 2.11 bits per heavy atom. The topological polar surface area (TPSA) is 70.0 Å². The third-order valence-electron chi connectivity index (χ3n) is 4.79. The van der Waals surface area contributed by atoms with Crippen LogP contribution in [0.15, 0.2) is 36.7 Å². The van der Waals surface area contributed by atoms with E-state index in [1.807, 2.05) is 31.3 Å². The van der Waals surface area contributed by atoms with Crippen molar-refractivity contribution >= 4 is 7.12 Å². The zero-order valence-electron chi connectivity index (χ0n) is 16.8. The normalized spacial score (nSPS) is 17.6. The van der Waals surface area contributed by atoms with Crippen molar-refractivity contribution in [3.8, 4) is 22.6 Å². The summed E-state index contributed by atoms with van der Waals surface area (Å²) in [6, 6.07) is 7.90. The van der Waals surface area contributed by atoms with Crippen LogP contribution in [0.25, 0.3) is 11.1 Å². The Balaban J connectivity index is 1.81. The van der Waals surface area contributed by atoms with Gasteiger partial charge in [0.05, 0.1) is 26.4 Å². The van der Waals surface area contributed by atoms with Crippen LogP contribution < -0.4 is 9.47 Å². The number of hydrogen-bond acceptors (Lipinski definition) is 6. The van der Waals surface area contributed by atoms with Gasteiger partial charge in [0.15, 0.2) is 11.5 Å². The molecule has 2 atom stereocenters. The van der Waals surface area contributed by atoms with E-state index >= 15 is 0 Å². The fraction of sp³-hybridized carbons (Fsp3) is 0.476. The number of hydrogen-bond donors (Lipinski definition) is 1. The van der Waals surface area contributed by atoms with Crippen molar-refractivity contribution in [3.05, 3.63) is 42.2 Å². The molecule has 1 saturated heterocycles. The summed E-state index contributed by atoms with van der Waals surface area (Å²) in [5.74, 6) is 1.32. The van der Waals surface area contributed by atoms with Crippen LogP contribution in [0.2, 0.25) is 6.32 Å². The van der Waals surface area contributed by atoms with Crippen LogP contribution in [-0.2, 0) is 9.31 Å². The molecule has 150 valence electrons. The second-order valence-corrected chi connectivity index (χ2v) is 7.05. The average Bonchev–Trinajstić information content (AvgIpc) is 3.15. The van der Waals surface area contributed by atoms with Crippen molar-refractivity contribution in [3.63, 3.8) is 0 Å². The highest BCUT2D eigenvalue weighted by atomic mass is 16.6. The van der Waals surface area contributed by atoms with Crippen LogP contribution in [0.1, 0.15) is 31.7 Å². The lowest BCUT2D eigenvalue weighted by atomic mass is 9.75. The lowest BCUT2D eigenvalue weighted by molar-refractivity contribution is 0.249. The van der Waals surface area contributed by atoms with Gasteiger partial charge in [0, 0.05) is 30.5 Å². The standard InChI is InChI=1S/C21H28BNO5/c1-4-7-26-21-9-16(5-6-20(21)25-3)17-8-18(12-23-11-17)19(13-24)10-22-27-14-15(2)28-22/h5-6,8-9,11-12,15,19,24H,4,7,10,13-14H2,1-3H3/t15?,19-/m1/s1. The Labute approximate surface area is 166 Å². The molecule has 0 bridgehead atoms. The Bertz CT molecular complexity index is 772. The zero-order valence-corrected chi connectivity index (χ0v) is 16.8. The number of benzene rings is 1. The highest BCUT2D eigenvalue weighted by Crippen LogP contribution is 2.34. The molecule has 0 amide bonds. The van der Waals surface area contributed by atoms with Crippen molar-refractivity contribution in [1.29, 1.82) is 0 Å². The number of aromatic nitrogens is 1. The molecule has 0 aliphatic carbocycles. The number of ether oxygens (including phenoxy) is 2. The van der Waals surface area contributed by atoms with Crippen LogP contribution in [0.4, 0.5) is 0 Å². The van der Waals surface area contributed by atoms with Crippen molar-refractivity contribution in [2.45, 2.75) is 38.6 Å². The van der Waals surface area contributed by atoms with Gasteiger partial charge in [-0.2, -0.15) is 0 Å². The van der Waals surface area contributed by atoms with Gasteiger partial charge in [0.1, 0.15) is 0 Å². The minimum atomic E-state index is -0.286. The molecule has 28 heavy (non-hydrogen) atoms. The zero-order chi connectivity index (χ0) is 19.9. The first kappa shape index (κ1) is 20.6. The van der Waals surface area contributed by atoms with Crippen molar-refractivity contribution in [2.24, 2.45) is 0 Å². The number of pyridine rings is 1. The predicted molar refractivity (Wildman–Crippen MR) is 109 cm³/mol. The first-order valence-electron chi connectivity index (χ1n) is 9.78. The second-order valence-electron chi connectivity index (χ2n) is 7.05. The summed E-state index contributed by atoms with van der Waals surface area (Å²) in [4.78, 5) is 4.39. The molecule has 1 N–H and O–H groups in total. The number of rotatable bonds is 9. The quantitative estimate of drug-likeness (QED) is 0.666. The summed E-state index contributed by atoms with van der Waals surface area (Å²) < 4.78 is 22.6. The molecule has 0 spiro atoms. The van der Waals surface area contributed by atoms with E-state index < -0.39 is 0 Å². The van der Waals surface area contributed by atoms with E-state index in [1.54, 1.807) is 13.3 Å². The van der Waals surface area contributed by atoms with Crippen LogP contribution in [-0.4, -0.2) is 50.2 Å². The molecule has 1 aliphatic rings. The van der Waals surface area contributed by atoms with Crippen LogP contribution in [0.3, 0.4) is 0 Å². The van der Waals surface area contributed by atoms with E-state index in [9.17, 15) is 5.11 Å². The molecule has 7 heteroatoms. The lowest BCUT2D eigenvalue weighted by Crippen LogP contribution is -2.20. The summed E-state index contributed by atoms with van der Waals surface area (Å²) in [5.41, 5.74) is 2.90. The lowest BCUT2D eigenvalue weighted by Gasteiger charge is -2.17. The molecule has 2 aromatic rings. The fourth-order valence-electron chi connectivity index (χ4n) is 3.27. The maximum atomic E-state index is 9.90. The van der Waals surface area contributed by atoms with E-state index in [0.717, 1.165) is 23.1 Å². The van der Waals surface area contributed by atoms with Crippen molar-refractivity contribution in [2.75, 3.05) is 26.9 Å². The summed E-state index contributed by atoms with van der Waals surface area (Å²) in [6.07, 6.45) is 5.22. The maximum absolute atomic E-state index is 9.90. The summed E-state index contributed by atoms with van der Waals surface area (Å²) in [5, 5.41) is 9.90. The molecule has 1 unspecified atom stereocenters. The van der Waals surface area contributed by atoms with E-state index in [-0.39, 0.29) is 25.7 Å². The first-order chi connectivity index (χ1) is 13.6. The highest BCUT2D eigenvalue weighted by Gasteiger charge is 2.32. The molecular weight excluding hydrogens is 357 g/mol. The van der Waals surface area contributed by atoms with Gasteiger partial charge >= 0.3 is 7.12 Å². The van der Waals surface area contributed by atoms with E-state index in [0.29, 0.717) is 31.0 Å². The number of aliphatic hydroxyl groups excluding tert-OH is 1. The molecule has 1 aliphatic heterocycles. The highest BCUT2D eigenvalue weighted by molar-refractivity contribution is 6.45.